The number of ether oxygens (including phenoxy) is 4. The molecule has 1 fully saturated rings. The van der Waals surface area contributed by atoms with Crippen molar-refractivity contribution in [3.05, 3.63) is 92.3 Å². The van der Waals surface area contributed by atoms with E-state index in [1.807, 2.05) is 48.5 Å². The van der Waals surface area contributed by atoms with E-state index in [0.717, 1.165) is 46.1 Å². The number of aliphatic hydroxyl groups is 1. The van der Waals surface area contributed by atoms with Gasteiger partial charge in [0.1, 0.15) is 18.8 Å². The molecular weight excluding hydrogens is 587 g/mol. The number of nitrogens with one attached hydrogen (secondary N) is 1. The molecule has 0 radical (unpaired) electrons. The molecule has 2 N–H and O–H groups in total. The smallest absolute Gasteiger partial charge is 0.433 e. The number of hydrogen-bond acceptors (Lipinski definition) is 9. The number of H-pyrrole nitrogens is 1. The Morgan fingerprint density at radius 3 is 2.27 bits per heavy atom. The van der Waals surface area contributed by atoms with Crippen LogP contribution in [-0.4, -0.2) is 84.4 Å². The van der Waals surface area contributed by atoms with Crippen molar-refractivity contribution in [3.8, 4) is 11.1 Å². The van der Waals surface area contributed by atoms with Crippen LogP contribution in [0.15, 0.2) is 64.3 Å². The van der Waals surface area contributed by atoms with Crippen LogP contribution in [0, 0.1) is 0 Å². The van der Waals surface area contributed by atoms with Gasteiger partial charge >= 0.3 is 11.8 Å². The van der Waals surface area contributed by atoms with Crippen LogP contribution in [0.25, 0.3) is 11.1 Å². The van der Waals surface area contributed by atoms with Crippen molar-refractivity contribution >= 4 is 25.1 Å². The van der Waals surface area contributed by atoms with E-state index in [9.17, 15) is 24.3 Å². The molecule has 234 valence electrons. The van der Waals surface area contributed by atoms with Crippen LogP contribution in [0.2, 0.25) is 0 Å². The molecular formula is C32H37N2O9P. The summed E-state index contributed by atoms with van der Waals surface area (Å²) in [5.41, 5.74) is 2.04. The molecule has 5 atom stereocenters. The second-order valence-corrected chi connectivity index (χ2v) is 16.2. The second kappa shape index (κ2) is 12.7. The number of Topliss-reactive ketones (excluding diaryl/α,β-unsaturated/α-hetero) is 1. The molecule has 1 aliphatic carbocycles. The quantitative estimate of drug-likeness (QED) is 0.256. The molecule has 5 rings (SSSR count). The number of aromatic nitrogens is 2. The summed E-state index contributed by atoms with van der Waals surface area (Å²) in [5.74, 6) is -0.901. The Hall–Kier alpha value is -3.76. The minimum Gasteiger partial charge on any atom is -0.433 e. The lowest BCUT2D eigenvalue weighted by atomic mass is 9.98. The summed E-state index contributed by atoms with van der Waals surface area (Å²) in [5, 5.41) is 10.9. The molecule has 11 nitrogen and oxygen atoms in total. The highest BCUT2D eigenvalue weighted by Gasteiger charge is 2.45. The first-order valence-electron chi connectivity index (χ1n) is 14.3. The molecule has 0 amide bonds. The maximum atomic E-state index is 12.9. The Morgan fingerprint density at radius 2 is 1.70 bits per heavy atom. The van der Waals surface area contributed by atoms with Gasteiger partial charge in [0.05, 0.1) is 11.7 Å². The van der Waals surface area contributed by atoms with E-state index >= 15 is 0 Å². The molecule has 0 saturated carbocycles. The number of methoxy groups -OCH3 is 1. The molecule has 1 aliphatic heterocycles. The number of ketones is 1. The first kappa shape index (κ1) is 31.7. The van der Waals surface area contributed by atoms with Gasteiger partial charge in [-0.2, -0.15) is 0 Å². The van der Waals surface area contributed by atoms with Crippen LogP contribution in [0.3, 0.4) is 0 Å². The minimum absolute atomic E-state index is 0.0512. The summed E-state index contributed by atoms with van der Waals surface area (Å²) < 4.78 is 23.4. The number of fused-ring (bicyclic) bond motifs is 3. The van der Waals surface area contributed by atoms with E-state index in [0.29, 0.717) is 6.42 Å². The molecule has 1 unspecified atom stereocenters. The molecule has 44 heavy (non-hydrogen) atoms. The summed E-state index contributed by atoms with van der Waals surface area (Å²) in [6.07, 6.45) is -0.0446. The van der Waals surface area contributed by atoms with Crippen LogP contribution >= 0.6 is 6.89 Å². The van der Waals surface area contributed by atoms with Gasteiger partial charge in [0.2, 0.25) is 0 Å². The molecule has 2 aromatic carbocycles. The van der Waals surface area contributed by atoms with Crippen LogP contribution in [0.1, 0.15) is 48.3 Å². The minimum atomic E-state index is -1.67. The van der Waals surface area contributed by atoms with Gasteiger partial charge in [0, 0.05) is 19.2 Å². The van der Waals surface area contributed by atoms with Crippen molar-refractivity contribution in [2.24, 2.45) is 0 Å². The fourth-order valence-electron chi connectivity index (χ4n) is 5.88. The van der Waals surface area contributed by atoms with Crippen molar-refractivity contribution < 1.29 is 33.6 Å². The van der Waals surface area contributed by atoms with Gasteiger partial charge in [-0.25, -0.2) is 9.59 Å². The van der Waals surface area contributed by atoms with E-state index in [2.05, 4.69) is 24.6 Å². The highest BCUT2D eigenvalue weighted by atomic mass is 31.2. The highest BCUT2D eigenvalue weighted by molar-refractivity contribution is 7.72. The SMILES string of the molecule is C=P(C)(C)CC[C@H]1O[C@@H](n2cc(C(OC(=O)OCC3c4ccccc4-c4ccccc43)C(C)=O)c(=O)[nH]c2=O)[C@H](OC)[C@@H]1O. The second-order valence-electron chi connectivity index (χ2n) is 11.9. The van der Waals surface area contributed by atoms with Gasteiger partial charge in [-0.05, 0) is 55.1 Å². The van der Waals surface area contributed by atoms with Gasteiger partial charge in [-0.1, -0.05) is 48.5 Å². The maximum absolute atomic E-state index is 12.9. The Kier molecular flexibility index (Phi) is 9.13. The monoisotopic (exact) mass is 624 g/mol. The molecule has 0 bridgehead atoms. The average molecular weight is 625 g/mol. The third-order valence-electron chi connectivity index (χ3n) is 8.07. The van der Waals surface area contributed by atoms with Gasteiger partial charge in [0.25, 0.3) is 5.56 Å². The van der Waals surface area contributed by atoms with Gasteiger partial charge in [-0.3, -0.25) is 19.1 Å². The Bertz CT molecular complexity index is 1680. The van der Waals surface area contributed by atoms with Gasteiger partial charge in [-0.15, -0.1) is 13.2 Å². The predicted octanol–water partition coefficient (Wildman–Crippen LogP) is 3.51. The summed E-state index contributed by atoms with van der Waals surface area (Å²) in [6, 6.07) is 15.7. The van der Waals surface area contributed by atoms with E-state index in [1.165, 1.54) is 7.11 Å². The van der Waals surface area contributed by atoms with E-state index in [4.69, 9.17) is 18.9 Å². The molecule has 1 saturated heterocycles. The Balaban J connectivity index is 1.35. The number of benzene rings is 2. The molecule has 12 heteroatoms. The Morgan fingerprint density at radius 1 is 1.09 bits per heavy atom. The van der Waals surface area contributed by atoms with Crippen LogP contribution in [0.4, 0.5) is 4.79 Å². The summed E-state index contributed by atoms with van der Waals surface area (Å²) >= 11 is 0. The first-order valence-corrected chi connectivity index (χ1v) is 17.4. The zero-order valence-electron chi connectivity index (χ0n) is 25.1. The number of hydrogen-bond donors (Lipinski definition) is 2. The maximum Gasteiger partial charge on any atom is 0.509 e. The van der Waals surface area contributed by atoms with Crippen molar-refractivity contribution in [2.45, 2.75) is 49.9 Å². The molecule has 0 spiro atoms. The summed E-state index contributed by atoms with van der Waals surface area (Å²) in [7, 11) is 1.38. The number of aliphatic hydroxyl groups excluding tert-OH is 1. The predicted molar refractivity (Wildman–Crippen MR) is 167 cm³/mol. The van der Waals surface area contributed by atoms with Crippen LogP contribution < -0.4 is 11.2 Å². The standard InChI is InChI=1S/C32H37N2O9P/c1-18(35)27(43-32(39)41-17-24-21-12-8-6-10-19(21)20-11-7-9-13-22(20)24)23-16-34(31(38)33-29(23)37)30-28(40-2)26(36)25(42-30)14-15-44(3,4)5/h6-13,16,24-28,30,36H,3,14-15,17H2,1-2,4-5H3,(H,33,37,38)/t25-,26-,27?,28-,30-/m1/s1. The van der Waals surface area contributed by atoms with Gasteiger partial charge in [0.15, 0.2) is 18.1 Å². The van der Waals surface area contributed by atoms with Crippen molar-refractivity contribution in [1.82, 2.24) is 9.55 Å². The van der Waals surface area contributed by atoms with Crippen molar-refractivity contribution in [3.63, 3.8) is 0 Å². The molecule has 1 aromatic heterocycles. The zero-order chi connectivity index (χ0) is 31.8. The lowest BCUT2D eigenvalue weighted by Crippen LogP contribution is -2.40. The summed E-state index contributed by atoms with van der Waals surface area (Å²) in [4.78, 5) is 53.5. The normalized spacial score (nSPS) is 21.8. The number of rotatable bonds is 10. The highest BCUT2D eigenvalue weighted by Crippen LogP contribution is 2.44. The third kappa shape index (κ3) is 6.37. The molecule has 2 aliphatic rings. The lowest BCUT2D eigenvalue weighted by Gasteiger charge is -2.22. The number of carbonyl (C=O) groups excluding carboxylic acids is 2. The molecule has 3 aromatic rings. The largest absolute Gasteiger partial charge is 0.509 e. The number of carbonyl (C=O) groups is 2. The van der Waals surface area contributed by atoms with Gasteiger partial charge < -0.3 is 24.1 Å². The Labute approximate surface area is 254 Å². The van der Waals surface area contributed by atoms with Crippen molar-refractivity contribution in [1.29, 1.82) is 0 Å². The number of aromatic amines is 1. The topological polar surface area (TPSA) is 146 Å². The fourth-order valence-corrected chi connectivity index (χ4v) is 6.83. The third-order valence-corrected chi connectivity index (χ3v) is 9.54. The lowest BCUT2D eigenvalue weighted by molar-refractivity contribution is -0.127. The molecule has 2 heterocycles. The van der Waals surface area contributed by atoms with Crippen molar-refractivity contribution in [2.75, 3.05) is 33.2 Å². The van der Waals surface area contributed by atoms with E-state index in [1.54, 1.807) is 0 Å². The number of nitrogens with zero attached hydrogens (tertiary/aromatic N) is 1. The summed E-state index contributed by atoms with van der Waals surface area (Å²) in [6.45, 7) is 3.82. The van der Waals surface area contributed by atoms with E-state index < -0.39 is 60.7 Å². The fraction of sp³-hybridized carbons (Fsp3) is 0.406. The van der Waals surface area contributed by atoms with Crippen LogP contribution in [-0.2, 0) is 23.7 Å². The van der Waals surface area contributed by atoms with E-state index in [-0.39, 0.29) is 18.1 Å². The average Bonchev–Trinajstić information content (AvgIpc) is 3.47. The first-order chi connectivity index (χ1) is 20.9. The zero-order valence-corrected chi connectivity index (χ0v) is 26.0. The van der Waals surface area contributed by atoms with Crippen LogP contribution in [0.5, 0.6) is 0 Å².